The summed E-state index contributed by atoms with van der Waals surface area (Å²) in [5, 5.41) is 4.58. The van der Waals surface area contributed by atoms with Gasteiger partial charge in [0.2, 0.25) is 0 Å². The van der Waals surface area contributed by atoms with Crippen molar-refractivity contribution in [3.63, 3.8) is 0 Å². The van der Waals surface area contributed by atoms with Crippen LogP contribution in [0.1, 0.15) is 44.0 Å². The van der Waals surface area contributed by atoms with E-state index in [1.54, 1.807) is 0 Å². The lowest BCUT2D eigenvalue weighted by molar-refractivity contribution is 0.130. The van der Waals surface area contributed by atoms with Gasteiger partial charge in [-0.05, 0) is 54.7 Å². The van der Waals surface area contributed by atoms with E-state index < -0.39 is 0 Å². The molecule has 0 spiro atoms. The van der Waals surface area contributed by atoms with Crippen LogP contribution in [0.3, 0.4) is 0 Å². The highest BCUT2D eigenvalue weighted by molar-refractivity contribution is 9.10. The monoisotopic (exact) mass is 328 g/mol. The number of nitrogens with two attached hydrogens (primary N) is 1. The number of halogens is 1. The Balaban J connectivity index is 2.12. The number of hydrogen-bond donors (Lipinski definition) is 1. The number of hydrogen-bond acceptors (Lipinski definition) is 3. The number of rotatable bonds is 5. The van der Waals surface area contributed by atoms with E-state index in [2.05, 4.69) is 32.9 Å². The molecule has 19 heavy (non-hydrogen) atoms. The van der Waals surface area contributed by atoms with E-state index >= 15 is 0 Å². The molecule has 1 aliphatic rings. The number of aromatic nitrogens is 2. The Morgan fingerprint density at radius 1 is 1.42 bits per heavy atom. The fourth-order valence-electron chi connectivity index (χ4n) is 2.97. The van der Waals surface area contributed by atoms with Gasteiger partial charge >= 0.3 is 0 Å². The predicted molar refractivity (Wildman–Crippen MR) is 82.0 cm³/mol. The lowest BCUT2D eigenvalue weighted by Crippen LogP contribution is -2.40. The summed E-state index contributed by atoms with van der Waals surface area (Å²) in [5.74, 6) is 0. The topological polar surface area (TPSA) is 47.1 Å². The van der Waals surface area contributed by atoms with E-state index in [0.29, 0.717) is 6.04 Å². The third-order valence-electron chi connectivity index (χ3n) is 4.10. The zero-order chi connectivity index (χ0) is 13.8. The average molecular weight is 329 g/mol. The molecular weight excluding hydrogens is 304 g/mol. The zero-order valence-electron chi connectivity index (χ0n) is 12.0. The van der Waals surface area contributed by atoms with E-state index in [-0.39, 0.29) is 0 Å². The van der Waals surface area contributed by atoms with Crippen molar-refractivity contribution in [2.75, 3.05) is 13.1 Å². The van der Waals surface area contributed by atoms with Crippen molar-refractivity contribution < 1.29 is 0 Å². The molecule has 0 aromatic carbocycles. The normalized spacial score (nSPS) is 20.9. The van der Waals surface area contributed by atoms with Crippen LogP contribution < -0.4 is 5.73 Å². The Kier molecular flexibility index (Phi) is 5.42. The van der Waals surface area contributed by atoms with E-state index in [0.717, 1.165) is 31.6 Å². The van der Waals surface area contributed by atoms with Gasteiger partial charge in [-0.1, -0.05) is 13.3 Å². The molecule has 5 heteroatoms. The van der Waals surface area contributed by atoms with Crippen molar-refractivity contribution >= 4 is 15.9 Å². The van der Waals surface area contributed by atoms with E-state index in [9.17, 15) is 0 Å². The van der Waals surface area contributed by atoms with Crippen LogP contribution in [0.25, 0.3) is 0 Å². The lowest BCUT2D eigenvalue weighted by Gasteiger charge is -2.35. The van der Waals surface area contributed by atoms with Gasteiger partial charge in [-0.15, -0.1) is 0 Å². The average Bonchev–Trinajstić information content (AvgIpc) is 2.68. The van der Waals surface area contributed by atoms with Crippen molar-refractivity contribution in [3.05, 3.63) is 15.9 Å². The molecule has 0 saturated carbocycles. The maximum atomic E-state index is 5.75. The van der Waals surface area contributed by atoms with Gasteiger partial charge in [0, 0.05) is 19.6 Å². The fourth-order valence-corrected chi connectivity index (χ4v) is 3.71. The van der Waals surface area contributed by atoms with Gasteiger partial charge in [-0.3, -0.25) is 9.58 Å². The molecule has 1 aromatic rings. The first-order valence-electron chi connectivity index (χ1n) is 7.31. The molecular formula is C14H25BrN4. The summed E-state index contributed by atoms with van der Waals surface area (Å²) in [4.78, 5) is 2.58. The first kappa shape index (κ1) is 15.0. The number of piperidine rings is 1. The van der Waals surface area contributed by atoms with Crippen molar-refractivity contribution in [1.82, 2.24) is 14.7 Å². The van der Waals surface area contributed by atoms with Crippen LogP contribution in [0.15, 0.2) is 4.47 Å². The summed E-state index contributed by atoms with van der Waals surface area (Å²) in [6, 6.07) is 0.644. The minimum atomic E-state index is 0.644. The molecule has 0 aliphatic carbocycles. The quantitative estimate of drug-likeness (QED) is 0.903. The van der Waals surface area contributed by atoms with Crippen LogP contribution in [0.5, 0.6) is 0 Å². The molecule has 0 radical (unpaired) electrons. The Labute approximate surface area is 124 Å². The Morgan fingerprint density at radius 2 is 2.21 bits per heavy atom. The van der Waals surface area contributed by atoms with Gasteiger partial charge in [0.1, 0.15) is 0 Å². The van der Waals surface area contributed by atoms with Gasteiger partial charge in [-0.25, -0.2) is 0 Å². The molecule has 2 rings (SSSR count). The molecule has 1 aliphatic heterocycles. The molecule has 0 bridgehead atoms. The molecule has 0 amide bonds. The van der Waals surface area contributed by atoms with Crippen LogP contribution in [0.2, 0.25) is 0 Å². The molecule has 2 heterocycles. The fraction of sp³-hybridized carbons (Fsp3) is 0.786. The SMILES string of the molecule is CCc1nn(C)c(CN2CCCCC2CCN)c1Br. The van der Waals surface area contributed by atoms with Gasteiger partial charge in [-0.2, -0.15) is 5.10 Å². The first-order valence-corrected chi connectivity index (χ1v) is 8.11. The van der Waals surface area contributed by atoms with Gasteiger partial charge in [0.15, 0.2) is 0 Å². The third-order valence-corrected chi connectivity index (χ3v) is 5.02. The highest BCUT2D eigenvalue weighted by Gasteiger charge is 2.24. The van der Waals surface area contributed by atoms with Crippen LogP contribution in [-0.4, -0.2) is 33.8 Å². The second kappa shape index (κ2) is 6.86. The smallest absolute Gasteiger partial charge is 0.0767 e. The Morgan fingerprint density at radius 3 is 2.84 bits per heavy atom. The molecule has 1 unspecified atom stereocenters. The number of likely N-dealkylation sites (tertiary alicyclic amines) is 1. The third kappa shape index (κ3) is 3.38. The van der Waals surface area contributed by atoms with Crippen molar-refractivity contribution in [1.29, 1.82) is 0 Å². The minimum absolute atomic E-state index is 0.644. The largest absolute Gasteiger partial charge is 0.330 e. The van der Waals surface area contributed by atoms with Crippen LogP contribution in [0, 0.1) is 0 Å². The zero-order valence-corrected chi connectivity index (χ0v) is 13.6. The van der Waals surface area contributed by atoms with Crippen molar-refractivity contribution in [3.8, 4) is 0 Å². The highest BCUT2D eigenvalue weighted by atomic mass is 79.9. The van der Waals surface area contributed by atoms with E-state index in [1.807, 2.05) is 11.7 Å². The molecule has 4 nitrogen and oxygen atoms in total. The summed E-state index contributed by atoms with van der Waals surface area (Å²) in [7, 11) is 2.04. The minimum Gasteiger partial charge on any atom is -0.330 e. The van der Waals surface area contributed by atoms with Gasteiger partial charge in [0.25, 0.3) is 0 Å². The van der Waals surface area contributed by atoms with Gasteiger partial charge < -0.3 is 5.73 Å². The van der Waals surface area contributed by atoms with Crippen LogP contribution in [0.4, 0.5) is 0 Å². The molecule has 1 aromatic heterocycles. The van der Waals surface area contributed by atoms with Gasteiger partial charge in [0.05, 0.1) is 15.9 Å². The predicted octanol–water partition coefficient (Wildman–Crippen LogP) is 2.45. The summed E-state index contributed by atoms with van der Waals surface area (Å²) >= 11 is 3.71. The Hall–Kier alpha value is -0.390. The summed E-state index contributed by atoms with van der Waals surface area (Å²) < 4.78 is 3.21. The summed E-state index contributed by atoms with van der Waals surface area (Å²) in [5.41, 5.74) is 8.20. The van der Waals surface area contributed by atoms with E-state index in [4.69, 9.17) is 5.73 Å². The Bertz CT molecular complexity index is 414. The van der Waals surface area contributed by atoms with Crippen LogP contribution in [-0.2, 0) is 20.0 Å². The van der Waals surface area contributed by atoms with Crippen molar-refractivity contribution in [2.24, 2.45) is 12.8 Å². The van der Waals surface area contributed by atoms with Crippen molar-refractivity contribution in [2.45, 2.75) is 51.6 Å². The number of aryl methyl sites for hydroxylation is 2. The van der Waals surface area contributed by atoms with Crippen LogP contribution >= 0.6 is 15.9 Å². The highest BCUT2D eigenvalue weighted by Crippen LogP contribution is 2.26. The molecule has 1 atom stereocenters. The lowest BCUT2D eigenvalue weighted by atomic mass is 9.99. The molecule has 2 N–H and O–H groups in total. The summed E-state index contributed by atoms with van der Waals surface area (Å²) in [6.07, 6.45) is 6.01. The maximum absolute atomic E-state index is 5.75. The summed E-state index contributed by atoms with van der Waals surface area (Å²) in [6.45, 7) is 5.10. The second-order valence-electron chi connectivity index (χ2n) is 5.38. The first-order chi connectivity index (χ1) is 9.17. The molecule has 1 saturated heterocycles. The van der Waals surface area contributed by atoms with E-state index in [1.165, 1.54) is 36.0 Å². The standard InChI is InChI=1S/C14H25BrN4/c1-3-12-14(15)13(18(2)17-12)10-19-9-5-4-6-11(19)7-8-16/h11H,3-10,16H2,1-2H3. The number of nitrogens with zero attached hydrogens (tertiary/aromatic N) is 3. The second-order valence-corrected chi connectivity index (χ2v) is 6.17. The maximum Gasteiger partial charge on any atom is 0.0767 e. The molecule has 1 fully saturated rings. The molecule has 108 valence electrons.